The summed E-state index contributed by atoms with van der Waals surface area (Å²) in [5.74, 6) is -0.769. The van der Waals surface area contributed by atoms with Gasteiger partial charge in [0, 0.05) is 17.7 Å². The van der Waals surface area contributed by atoms with E-state index in [-0.39, 0.29) is 23.4 Å². The van der Waals surface area contributed by atoms with Crippen LogP contribution in [0.1, 0.15) is 26.5 Å². The van der Waals surface area contributed by atoms with E-state index in [2.05, 4.69) is 20.5 Å². The lowest BCUT2D eigenvalue weighted by Gasteiger charge is -2.19. The second kappa shape index (κ2) is 11.5. The maximum absolute atomic E-state index is 14.7. The Balaban J connectivity index is 1.76. The van der Waals surface area contributed by atoms with Crippen LogP contribution in [0, 0.1) is 12.7 Å². The molecule has 3 atom stereocenters. The normalized spacial score (nSPS) is 14.1. The van der Waals surface area contributed by atoms with Crippen LogP contribution in [0.15, 0.2) is 24.3 Å². The quantitative estimate of drug-likeness (QED) is 0.320. The molecule has 2 heterocycles. The number of anilines is 1. The summed E-state index contributed by atoms with van der Waals surface area (Å²) in [4.78, 5) is 13.4. The van der Waals surface area contributed by atoms with Gasteiger partial charge in [-0.05, 0) is 45.9 Å². The number of hydrogen-bond donors (Lipinski definition) is 3. The molecule has 13 heteroatoms. The van der Waals surface area contributed by atoms with E-state index in [4.69, 9.17) is 31.5 Å². The van der Waals surface area contributed by atoms with E-state index in [0.29, 0.717) is 21.3 Å². The van der Waals surface area contributed by atoms with Gasteiger partial charge in [0.2, 0.25) is 0 Å². The van der Waals surface area contributed by atoms with Crippen molar-refractivity contribution < 1.29 is 23.1 Å². The summed E-state index contributed by atoms with van der Waals surface area (Å²) >= 11 is 7.61. The Labute approximate surface area is 206 Å². The number of aromatic nitrogens is 3. The average Bonchev–Trinajstić information content (AvgIpc) is 3.24. The summed E-state index contributed by atoms with van der Waals surface area (Å²) in [6.07, 6.45) is -0.749. The number of nitrogens with two attached hydrogens (primary N) is 1. The zero-order valence-corrected chi connectivity index (χ0v) is 21.6. The number of nitrogens with one attached hydrogen (secondary N) is 1. The summed E-state index contributed by atoms with van der Waals surface area (Å²) in [6, 6.07) is 5.87. The Morgan fingerprint density at radius 2 is 1.97 bits per heavy atom. The van der Waals surface area contributed by atoms with Gasteiger partial charge in [0.1, 0.15) is 17.3 Å². The van der Waals surface area contributed by atoms with E-state index in [1.54, 1.807) is 0 Å². The molecular formula is C21H26ClFN5O4PS. The van der Waals surface area contributed by atoms with Crippen LogP contribution in [-0.2, 0) is 9.09 Å². The lowest BCUT2D eigenvalue weighted by atomic mass is 10.2. The second-order valence-corrected chi connectivity index (χ2v) is 10.0. The largest absolute Gasteiger partial charge is 0.489 e. The van der Waals surface area contributed by atoms with Gasteiger partial charge in [0.15, 0.2) is 16.6 Å². The predicted molar refractivity (Wildman–Crippen MR) is 132 cm³/mol. The number of nitrogens with zero attached hydrogens (tertiary/aromatic N) is 3. The Bertz CT molecular complexity index is 1180. The van der Waals surface area contributed by atoms with E-state index in [1.165, 1.54) is 30.4 Å². The van der Waals surface area contributed by atoms with Gasteiger partial charge in [-0.1, -0.05) is 22.9 Å². The van der Waals surface area contributed by atoms with Crippen LogP contribution in [0.4, 0.5) is 10.1 Å². The Hall–Kier alpha value is -2.14. The van der Waals surface area contributed by atoms with Gasteiger partial charge in [-0.25, -0.2) is 9.37 Å². The summed E-state index contributed by atoms with van der Waals surface area (Å²) in [7, 11) is -3.14. The highest BCUT2D eigenvalue weighted by atomic mass is 35.5. The molecule has 9 nitrogen and oxygen atoms in total. The third-order valence-electron chi connectivity index (χ3n) is 4.75. The van der Waals surface area contributed by atoms with Crippen molar-refractivity contribution in [2.45, 2.75) is 45.9 Å². The number of pyridine rings is 1. The van der Waals surface area contributed by atoms with Crippen LogP contribution in [0.3, 0.4) is 0 Å². The van der Waals surface area contributed by atoms with Crippen molar-refractivity contribution in [1.82, 2.24) is 15.2 Å². The first-order chi connectivity index (χ1) is 16.0. The highest BCUT2D eigenvalue weighted by Crippen LogP contribution is 2.37. The fraction of sp³-hybridized carbons (Fsp3) is 0.381. The number of rotatable bonds is 10. The first-order valence-corrected chi connectivity index (χ1v) is 12.9. The van der Waals surface area contributed by atoms with Gasteiger partial charge in [-0.15, -0.1) is 10.2 Å². The molecule has 4 N–H and O–H groups in total. The molecule has 184 valence electrons. The fourth-order valence-corrected chi connectivity index (χ4v) is 4.59. The molecule has 0 saturated heterocycles. The topological polar surface area (TPSA) is 132 Å². The minimum Gasteiger partial charge on any atom is -0.489 e. The van der Waals surface area contributed by atoms with E-state index < -0.39 is 26.2 Å². The molecule has 0 aliphatic rings. The Morgan fingerprint density at radius 1 is 1.26 bits per heavy atom. The number of benzene rings is 1. The van der Waals surface area contributed by atoms with Crippen LogP contribution in [0.25, 0.3) is 21.3 Å². The molecule has 0 bridgehead atoms. The maximum atomic E-state index is 14.7. The summed E-state index contributed by atoms with van der Waals surface area (Å²) in [6.45, 7) is 7.39. The van der Waals surface area contributed by atoms with Crippen molar-refractivity contribution in [3.63, 3.8) is 0 Å². The highest BCUT2D eigenvalue weighted by Gasteiger charge is 2.20. The lowest BCUT2D eigenvalue weighted by molar-refractivity contribution is 0.143. The van der Waals surface area contributed by atoms with Gasteiger partial charge in [0.05, 0.1) is 28.5 Å². The van der Waals surface area contributed by atoms with Gasteiger partial charge >= 0.3 is 8.25 Å². The van der Waals surface area contributed by atoms with Crippen molar-refractivity contribution in [3.05, 3.63) is 40.8 Å². The molecule has 0 spiro atoms. The van der Waals surface area contributed by atoms with Crippen molar-refractivity contribution >= 4 is 36.9 Å². The molecule has 1 aromatic carbocycles. The van der Waals surface area contributed by atoms with Gasteiger partial charge in [-0.2, -0.15) is 0 Å². The van der Waals surface area contributed by atoms with Crippen molar-refractivity contribution in [3.8, 4) is 27.0 Å². The first kappa shape index (κ1) is 26.5. The van der Waals surface area contributed by atoms with Crippen LogP contribution in [0.2, 0.25) is 5.02 Å². The van der Waals surface area contributed by atoms with E-state index in [0.717, 1.165) is 11.4 Å². The van der Waals surface area contributed by atoms with Crippen LogP contribution < -0.4 is 15.8 Å². The van der Waals surface area contributed by atoms with Crippen LogP contribution >= 0.6 is 31.2 Å². The van der Waals surface area contributed by atoms with Crippen LogP contribution in [0.5, 0.6) is 5.75 Å². The van der Waals surface area contributed by atoms with Crippen LogP contribution in [-0.4, -0.2) is 44.9 Å². The smallest absolute Gasteiger partial charge is 0.316 e. The number of hydrogen-bond acceptors (Lipinski definition) is 9. The minimum atomic E-state index is -3.14. The molecule has 0 amide bonds. The summed E-state index contributed by atoms with van der Waals surface area (Å²) in [5.41, 5.74) is 8.65. The number of ether oxygens (including phenoxy) is 1. The van der Waals surface area contributed by atoms with Crippen molar-refractivity contribution in [1.29, 1.82) is 0 Å². The SMILES string of the molecule is Cc1nc(-c2nnc(-c3cc(F)c(OC[C@H](N)[C@H](C)O[PH](=O)O)cc3Cl)s2)ccc1NC(C)C. The number of aryl methyl sites for hydroxylation is 1. The molecule has 3 aromatic rings. The third-order valence-corrected chi connectivity index (χ3v) is 6.61. The molecule has 0 saturated carbocycles. The standard InChI is InChI=1S/C21H26ClFN5O4PS/c1-10(2)25-17-5-6-18(26-11(17)3)21-28-27-20(34-21)13-7-15(23)19(8-14(13)22)31-9-16(24)12(4)32-33(29)30/h5-8,10,12,16,25,33H,9,24H2,1-4H3,(H,29,30)/t12-,16-/m0/s1. The monoisotopic (exact) mass is 529 g/mol. The minimum absolute atomic E-state index is 0.108. The highest BCUT2D eigenvalue weighted by molar-refractivity contribution is 7.32. The molecular weight excluding hydrogens is 504 g/mol. The molecule has 2 aromatic heterocycles. The maximum Gasteiger partial charge on any atom is 0.316 e. The van der Waals surface area contributed by atoms with E-state index in [1.807, 2.05) is 32.9 Å². The summed E-state index contributed by atoms with van der Waals surface area (Å²) in [5, 5.41) is 12.9. The third kappa shape index (κ3) is 6.71. The second-order valence-electron chi connectivity index (χ2n) is 7.87. The summed E-state index contributed by atoms with van der Waals surface area (Å²) < 4.78 is 35.7. The predicted octanol–water partition coefficient (Wildman–Crippen LogP) is 4.68. The molecule has 0 aliphatic heterocycles. The molecule has 1 unspecified atom stereocenters. The van der Waals surface area contributed by atoms with Crippen molar-refractivity contribution in [2.75, 3.05) is 11.9 Å². The lowest BCUT2D eigenvalue weighted by Crippen LogP contribution is -2.38. The molecule has 3 rings (SSSR count). The zero-order valence-electron chi connectivity index (χ0n) is 19.0. The van der Waals surface area contributed by atoms with Crippen molar-refractivity contribution in [2.24, 2.45) is 5.73 Å². The van der Waals surface area contributed by atoms with E-state index >= 15 is 0 Å². The molecule has 0 radical (unpaired) electrons. The average molecular weight is 530 g/mol. The zero-order chi connectivity index (χ0) is 25.0. The molecule has 34 heavy (non-hydrogen) atoms. The van der Waals surface area contributed by atoms with E-state index in [9.17, 15) is 8.96 Å². The van der Waals surface area contributed by atoms with Gasteiger partial charge in [-0.3, -0.25) is 4.57 Å². The Kier molecular flexibility index (Phi) is 8.97. The Morgan fingerprint density at radius 3 is 2.62 bits per heavy atom. The molecule has 0 aliphatic carbocycles. The van der Waals surface area contributed by atoms with Gasteiger partial charge in [0.25, 0.3) is 0 Å². The fourth-order valence-electron chi connectivity index (χ4n) is 2.95. The number of halogens is 2. The molecule has 0 fully saturated rings. The van der Waals surface area contributed by atoms with Gasteiger partial charge < -0.3 is 25.2 Å². The first-order valence-electron chi connectivity index (χ1n) is 10.4.